The fraction of sp³-hybridized carbons (Fsp3) is 0.474. The predicted octanol–water partition coefficient (Wildman–Crippen LogP) is 2.80. The van der Waals surface area contributed by atoms with Gasteiger partial charge < -0.3 is 10.1 Å². The molecule has 24 heavy (non-hydrogen) atoms. The second kappa shape index (κ2) is 7.99. The molecule has 128 valence electrons. The molecule has 1 heterocycles. The Kier molecular flexibility index (Phi) is 5.51. The molecule has 5 nitrogen and oxygen atoms in total. The van der Waals surface area contributed by atoms with E-state index in [-0.39, 0.29) is 5.91 Å². The summed E-state index contributed by atoms with van der Waals surface area (Å²) in [5.74, 6) is 0.742. The minimum atomic E-state index is -0.448. The van der Waals surface area contributed by atoms with Gasteiger partial charge in [0.15, 0.2) is 6.10 Å². The molecule has 0 fully saturated rings. The highest BCUT2D eigenvalue weighted by Crippen LogP contribution is 2.26. The summed E-state index contributed by atoms with van der Waals surface area (Å²) in [5.41, 5.74) is 3.87. The first kappa shape index (κ1) is 16.6. The second-order valence-corrected chi connectivity index (χ2v) is 6.30. The van der Waals surface area contributed by atoms with Crippen LogP contribution < -0.4 is 10.1 Å². The molecule has 0 radical (unpaired) electrons. The number of H-pyrrole nitrogens is 1. The van der Waals surface area contributed by atoms with E-state index in [0.29, 0.717) is 13.0 Å². The Balaban J connectivity index is 1.54. The number of rotatable bonds is 7. The quantitative estimate of drug-likeness (QED) is 0.822. The number of ether oxygens (including phenoxy) is 1. The van der Waals surface area contributed by atoms with Gasteiger partial charge in [0.2, 0.25) is 0 Å². The van der Waals surface area contributed by atoms with Crippen LogP contribution in [0.15, 0.2) is 30.6 Å². The first-order chi connectivity index (χ1) is 11.8. The molecule has 1 aliphatic rings. The first-order valence-corrected chi connectivity index (χ1v) is 8.80. The summed E-state index contributed by atoms with van der Waals surface area (Å²) in [6.07, 6.45) is 9.34. The van der Waals surface area contributed by atoms with Crippen molar-refractivity contribution < 1.29 is 9.53 Å². The number of carbonyl (C=O) groups excluding carboxylic acids is 1. The van der Waals surface area contributed by atoms with E-state index in [9.17, 15) is 4.79 Å². The molecule has 1 aromatic heterocycles. The van der Waals surface area contributed by atoms with Gasteiger partial charge in [-0.25, -0.2) is 0 Å². The lowest BCUT2D eigenvalue weighted by atomic mass is 9.92. The van der Waals surface area contributed by atoms with Crippen molar-refractivity contribution in [3.05, 3.63) is 47.3 Å². The van der Waals surface area contributed by atoms with E-state index >= 15 is 0 Å². The summed E-state index contributed by atoms with van der Waals surface area (Å²) in [6, 6.07) is 6.24. The maximum Gasteiger partial charge on any atom is 0.261 e. The molecule has 0 aliphatic heterocycles. The number of fused-ring (bicyclic) bond motifs is 1. The van der Waals surface area contributed by atoms with Crippen molar-refractivity contribution in [2.45, 2.75) is 51.6 Å². The van der Waals surface area contributed by atoms with E-state index in [1.165, 1.54) is 24.0 Å². The van der Waals surface area contributed by atoms with E-state index in [0.717, 1.165) is 30.6 Å². The molecule has 0 unspecified atom stereocenters. The van der Waals surface area contributed by atoms with E-state index < -0.39 is 6.10 Å². The summed E-state index contributed by atoms with van der Waals surface area (Å²) in [6.45, 7) is 2.56. The van der Waals surface area contributed by atoms with Crippen molar-refractivity contribution in [3.63, 3.8) is 0 Å². The molecular weight excluding hydrogens is 302 g/mol. The number of aromatic nitrogens is 2. The monoisotopic (exact) mass is 327 g/mol. The van der Waals surface area contributed by atoms with Gasteiger partial charge in [-0.2, -0.15) is 5.10 Å². The van der Waals surface area contributed by atoms with Crippen molar-refractivity contribution in [2.24, 2.45) is 0 Å². The molecule has 1 amide bonds. The lowest BCUT2D eigenvalue weighted by Crippen LogP contribution is -2.38. The SMILES string of the molecule is CC[C@@H](Oc1ccc2c(c1)CCCC2)C(=O)NCCc1cn[nH]c1. The van der Waals surface area contributed by atoms with Crippen molar-refractivity contribution in [1.29, 1.82) is 0 Å². The van der Waals surface area contributed by atoms with Crippen LogP contribution in [0.2, 0.25) is 0 Å². The van der Waals surface area contributed by atoms with E-state index in [4.69, 9.17) is 4.74 Å². The molecule has 0 spiro atoms. The number of hydrogen-bond acceptors (Lipinski definition) is 3. The number of nitrogens with one attached hydrogen (secondary N) is 2. The van der Waals surface area contributed by atoms with Gasteiger partial charge in [0.25, 0.3) is 5.91 Å². The lowest BCUT2D eigenvalue weighted by molar-refractivity contribution is -0.128. The largest absolute Gasteiger partial charge is 0.481 e. The van der Waals surface area contributed by atoms with Crippen LogP contribution in [0.5, 0.6) is 5.75 Å². The number of hydrogen-bond donors (Lipinski definition) is 2. The van der Waals surface area contributed by atoms with Crippen molar-refractivity contribution in [3.8, 4) is 5.75 Å². The van der Waals surface area contributed by atoms with Crippen LogP contribution in [-0.4, -0.2) is 28.8 Å². The Bertz CT molecular complexity index is 667. The van der Waals surface area contributed by atoms with Gasteiger partial charge in [-0.1, -0.05) is 13.0 Å². The van der Waals surface area contributed by atoms with Crippen LogP contribution in [0.25, 0.3) is 0 Å². The van der Waals surface area contributed by atoms with Gasteiger partial charge in [0.05, 0.1) is 6.20 Å². The Labute approximate surface area is 142 Å². The molecule has 5 heteroatoms. The Morgan fingerprint density at radius 2 is 2.17 bits per heavy atom. The van der Waals surface area contributed by atoms with Crippen LogP contribution in [0.4, 0.5) is 0 Å². The third-order valence-electron chi connectivity index (χ3n) is 4.53. The van der Waals surface area contributed by atoms with E-state index in [1.54, 1.807) is 6.20 Å². The Hall–Kier alpha value is -2.30. The minimum Gasteiger partial charge on any atom is -0.481 e. The number of aryl methyl sites for hydroxylation is 2. The molecule has 0 bridgehead atoms. The predicted molar refractivity (Wildman–Crippen MR) is 93.1 cm³/mol. The highest BCUT2D eigenvalue weighted by Gasteiger charge is 2.19. The van der Waals surface area contributed by atoms with Gasteiger partial charge in [-0.3, -0.25) is 9.89 Å². The van der Waals surface area contributed by atoms with Crippen molar-refractivity contribution in [1.82, 2.24) is 15.5 Å². The van der Waals surface area contributed by atoms with Crippen LogP contribution in [0.1, 0.15) is 42.9 Å². The maximum atomic E-state index is 12.3. The zero-order valence-corrected chi connectivity index (χ0v) is 14.2. The highest BCUT2D eigenvalue weighted by molar-refractivity contribution is 5.81. The average molecular weight is 327 g/mol. The van der Waals surface area contributed by atoms with Crippen molar-refractivity contribution >= 4 is 5.91 Å². The van der Waals surface area contributed by atoms with Crippen LogP contribution in [0, 0.1) is 0 Å². The molecular formula is C19H25N3O2. The van der Waals surface area contributed by atoms with Gasteiger partial charge >= 0.3 is 0 Å². The summed E-state index contributed by atoms with van der Waals surface area (Å²) < 4.78 is 5.95. The maximum absolute atomic E-state index is 12.3. The molecule has 0 saturated carbocycles. The normalized spacial score (nSPS) is 14.7. The number of nitrogens with zero attached hydrogens (tertiary/aromatic N) is 1. The highest BCUT2D eigenvalue weighted by atomic mass is 16.5. The van der Waals surface area contributed by atoms with Gasteiger partial charge in [-0.05, 0) is 67.3 Å². The molecule has 2 N–H and O–H groups in total. The average Bonchev–Trinajstić information content (AvgIpc) is 3.13. The van der Waals surface area contributed by atoms with Crippen LogP contribution >= 0.6 is 0 Å². The Morgan fingerprint density at radius 1 is 1.33 bits per heavy atom. The Morgan fingerprint density at radius 3 is 2.92 bits per heavy atom. The van der Waals surface area contributed by atoms with Gasteiger partial charge in [0, 0.05) is 12.7 Å². The second-order valence-electron chi connectivity index (χ2n) is 6.30. The van der Waals surface area contributed by atoms with Crippen LogP contribution in [-0.2, 0) is 24.1 Å². The first-order valence-electron chi connectivity index (χ1n) is 8.80. The molecule has 1 aromatic carbocycles. The fourth-order valence-corrected chi connectivity index (χ4v) is 3.13. The minimum absolute atomic E-state index is 0.0567. The van der Waals surface area contributed by atoms with E-state index in [2.05, 4.69) is 27.6 Å². The number of benzene rings is 1. The van der Waals surface area contributed by atoms with Gasteiger partial charge in [0.1, 0.15) is 5.75 Å². The lowest BCUT2D eigenvalue weighted by Gasteiger charge is -2.20. The fourth-order valence-electron chi connectivity index (χ4n) is 3.13. The molecule has 3 rings (SSSR count). The number of carbonyl (C=O) groups is 1. The molecule has 2 aromatic rings. The zero-order chi connectivity index (χ0) is 16.8. The summed E-state index contributed by atoms with van der Waals surface area (Å²) in [4.78, 5) is 12.3. The van der Waals surface area contributed by atoms with Crippen molar-refractivity contribution in [2.75, 3.05) is 6.54 Å². The third kappa shape index (κ3) is 4.16. The summed E-state index contributed by atoms with van der Waals surface area (Å²) >= 11 is 0. The summed E-state index contributed by atoms with van der Waals surface area (Å²) in [5, 5.41) is 9.62. The molecule has 1 atom stereocenters. The topological polar surface area (TPSA) is 67.0 Å². The third-order valence-corrected chi connectivity index (χ3v) is 4.53. The van der Waals surface area contributed by atoms with Crippen LogP contribution in [0.3, 0.4) is 0 Å². The molecule has 0 saturated heterocycles. The van der Waals surface area contributed by atoms with E-state index in [1.807, 2.05) is 19.2 Å². The number of aromatic amines is 1. The smallest absolute Gasteiger partial charge is 0.261 e. The zero-order valence-electron chi connectivity index (χ0n) is 14.2. The molecule has 1 aliphatic carbocycles. The number of amides is 1. The summed E-state index contributed by atoms with van der Waals surface area (Å²) in [7, 11) is 0. The standard InChI is InChI=1S/C19H25N3O2/c1-2-18(19(23)20-10-9-14-12-21-22-13-14)24-17-8-7-15-5-3-4-6-16(15)11-17/h7-8,11-13,18H,2-6,9-10H2,1H3,(H,20,23)(H,21,22)/t18-/m1/s1. The van der Waals surface area contributed by atoms with Gasteiger partial charge in [-0.15, -0.1) is 0 Å².